The van der Waals surface area contributed by atoms with Gasteiger partial charge in [0.1, 0.15) is 0 Å². The van der Waals surface area contributed by atoms with Crippen molar-refractivity contribution in [2.24, 2.45) is 0 Å². The zero-order chi connectivity index (χ0) is 14.5. The fourth-order valence-electron chi connectivity index (χ4n) is 1.95. The highest BCUT2D eigenvalue weighted by Gasteiger charge is 2.08. The molecule has 0 atom stereocenters. The molecule has 104 valence electrons. The number of nitrogens with zero attached hydrogens (tertiary/aromatic N) is 1. The lowest BCUT2D eigenvalue weighted by atomic mass is 10.2. The number of anilines is 2. The van der Waals surface area contributed by atoms with E-state index < -0.39 is 0 Å². The summed E-state index contributed by atoms with van der Waals surface area (Å²) >= 11 is 2.26. The van der Waals surface area contributed by atoms with E-state index in [0.717, 1.165) is 16.9 Å². The molecule has 0 saturated heterocycles. The van der Waals surface area contributed by atoms with Gasteiger partial charge in [0.15, 0.2) is 0 Å². The highest BCUT2D eigenvalue weighted by atomic mass is 127. The molecule has 20 heavy (non-hydrogen) atoms. The average molecular weight is 380 g/mol. The molecule has 0 spiro atoms. The molecular formula is C16H17IN2O. The molecule has 0 aliphatic heterocycles. The van der Waals surface area contributed by atoms with E-state index in [0.29, 0.717) is 6.54 Å². The Labute approximate surface area is 133 Å². The monoisotopic (exact) mass is 380 g/mol. The van der Waals surface area contributed by atoms with Crippen LogP contribution in [0.4, 0.5) is 11.4 Å². The number of rotatable bonds is 4. The van der Waals surface area contributed by atoms with E-state index in [1.165, 1.54) is 3.57 Å². The van der Waals surface area contributed by atoms with Crippen molar-refractivity contribution in [3.05, 3.63) is 57.7 Å². The number of nitrogens with one attached hydrogen (secondary N) is 1. The van der Waals surface area contributed by atoms with Crippen molar-refractivity contribution in [1.29, 1.82) is 0 Å². The first-order chi connectivity index (χ1) is 9.56. The lowest BCUT2D eigenvalue weighted by Gasteiger charge is -2.19. The van der Waals surface area contributed by atoms with Gasteiger partial charge in [-0.3, -0.25) is 4.79 Å². The van der Waals surface area contributed by atoms with Crippen molar-refractivity contribution >= 4 is 39.9 Å². The van der Waals surface area contributed by atoms with Gasteiger partial charge in [-0.15, -0.1) is 0 Å². The molecule has 0 bridgehead atoms. The SMILES string of the molecule is Cc1cc(I)ccc1NC(=O)CN(C)c1ccccc1. The average Bonchev–Trinajstić information content (AvgIpc) is 2.43. The van der Waals surface area contributed by atoms with E-state index in [-0.39, 0.29) is 5.91 Å². The van der Waals surface area contributed by atoms with E-state index in [1.807, 2.05) is 61.3 Å². The first-order valence-corrected chi connectivity index (χ1v) is 7.46. The Bertz CT molecular complexity index is 599. The van der Waals surface area contributed by atoms with Crippen molar-refractivity contribution in [3.8, 4) is 0 Å². The van der Waals surface area contributed by atoms with Crippen LogP contribution in [0.25, 0.3) is 0 Å². The number of carbonyl (C=O) groups excluding carboxylic acids is 1. The summed E-state index contributed by atoms with van der Waals surface area (Å²) in [6, 6.07) is 15.9. The number of likely N-dealkylation sites (N-methyl/N-ethyl adjacent to an activating group) is 1. The summed E-state index contributed by atoms with van der Waals surface area (Å²) < 4.78 is 1.17. The van der Waals surface area contributed by atoms with Gasteiger partial charge in [0.2, 0.25) is 5.91 Å². The third-order valence-electron chi connectivity index (χ3n) is 3.04. The molecule has 4 heteroatoms. The van der Waals surface area contributed by atoms with Gasteiger partial charge >= 0.3 is 0 Å². The number of halogens is 1. The molecule has 2 aromatic carbocycles. The second kappa shape index (κ2) is 6.74. The Morgan fingerprint density at radius 1 is 1.20 bits per heavy atom. The number of amides is 1. The standard InChI is InChI=1S/C16H17IN2O/c1-12-10-13(17)8-9-15(12)18-16(20)11-19(2)14-6-4-3-5-7-14/h3-10H,11H2,1-2H3,(H,18,20). The fraction of sp³-hybridized carbons (Fsp3) is 0.188. The minimum Gasteiger partial charge on any atom is -0.365 e. The molecule has 1 amide bonds. The summed E-state index contributed by atoms with van der Waals surface area (Å²) in [5.74, 6) is -0.0133. The molecule has 0 aliphatic rings. The number of hydrogen-bond acceptors (Lipinski definition) is 2. The van der Waals surface area contributed by atoms with E-state index in [2.05, 4.69) is 34.0 Å². The first kappa shape index (κ1) is 14.8. The molecule has 0 radical (unpaired) electrons. The maximum Gasteiger partial charge on any atom is 0.243 e. The number of aryl methyl sites for hydroxylation is 1. The largest absolute Gasteiger partial charge is 0.365 e. The Morgan fingerprint density at radius 2 is 1.90 bits per heavy atom. The van der Waals surface area contributed by atoms with Crippen molar-refractivity contribution in [1.82, 2.24) is 0 Å². The molecular weight excluding hydrogens is 363 g/mol. The predicted octanol–water partition coefficient (Wildman–Crippen LogP) is 3.67. The van der Waals surface area contributed by atoms with Gasteiger partial charge in [-0.2, -0.15) is 0 Å². The molecule has 2 rings (SSSR count). The van der Waals surface area contributed by atoms with E-state index in [1.54, 1.807) is 0 Å². The Balaban J connectivity index is 1.99. The topological polar surface area (TPSA) is 32.3 Å². The summed E-state index contributed by atoms with van der Waals surface area (Å²) in [4.78, 5) is 14.0. The van der Waals surface area contributed by atoms with Gasteiger partial charge in [0.05, 0.1) is 6.54 Å². The molecule has 0 fully saturated rings. The van der Waals surface area contributed by atoms with Crippen molar-refractivity contribution < 1.29 is 4.79 Å². The van der Waals surface area contributed by atoms with Crippen LogP contribution in [0.5, 0.6) is 0 Å². The zero-order valence-electron chi connectivity index (χ0n) is 11.6. The lowest BCUT2D eigenvalue weighted by Crippen LogP contribution is -2.30. The van der Waals surface area contributed by atoms with Crippen LogP contribution in [0.1, 0.15) is 5.56 Å². The fourth-order valence-corrected chi connectivity index (χ4v) is 2.59. The second-order valence-corrected chi connectivity index (χ2v) is 5.94. The van der Waals surface area contributed by atoms with Crippen LogP contribution in [0.15, 0.2) is 48.5 Å². The maximum absolute atomic E-state index is 12.1. The molecule has 0 aliphatic carbocycles. The van der Waals surface area contributed by atoms with Crippen molar-refractivity contribution in [2.45, 2.75) is 6.92 Å². The summed E-state index contributed by atoms with van der Waals surface area (Å²) in [7, 11) is 1.91. The van der Waals surface area contributed by atoms with Crippen LogP contribution < -0.4 is 10.2 Å². The smallest absolute Gasteiger partial charge is 0.243 e. The van der Waals surface area contributed by atoms with Gasteiger partial charge in [-0.05, 0) is 65.4 Å². The third kappa shape index (κ3) is 3.96. The minimum absolute atomic E-state index is 0.0133. The van der Waals surface area contributed by atoms with Gasteiger partial charge in [0, 0.05) is 22.0 Å². The quantitative estimate of drug-likeness (QED) is 0.821. The lowest BCUT2D eigenvalue weighted by molar-refractivity contribution is -0.114. The van der Waals surface area contributed by atoms with Gasteiger partial charge < -0.3 is 10.2 Å². The van der Waals surface area contributed by atoms with Crippen LogP contribution in [0.3, 0.4) is 0 Å². The molecule has 3 nitrogen and oxygen atoms in total. The number of para-hydroxylation sites is 1. The van der Waals surface area contributed by atoms with Gasteiger partial charge in [-0.1, -0.05) is 18.2 Å². The highest BCUT2D eigenvalue weighted by molar-refractivity contribution is 14.1. The van der Waals surface area contributed by atoms with Crippen LogP contribution in [0.2, 0.25) is 0 Å². The molecule has 0 aromatic heterocycles. The Morgan fingerprint density at radius 3 is 2.55 bits per heavy atom. The zero-order valence-corrected chi connectivity index (χ0v) is 13.7. The van der Waals surface area contributed by atoms with Crippen LogP contribution >= 0.6 is 22.6 Å². The van der Waals surface area contributed by atoms with E-state index in [9.17, 15) is 4.79 Å². The van der Waals surface area contributed by atoms with Crippen LogP contribution in [0, 0.1) is 10.5 Å². The normalized spacial score (nSPS) is 10.2. The van der Waals surface area contributed by atoms with Crippen LogP contribution in [-0.4, -0.2) is 19.5 Å². The number of benzene rings is 2. The molecule has 1 N–H and O–H groups in total. The first-order valence-electron chi connectivity index (χ1n) is 6.38. The van der Waals surface area contributed by atoms with E-state index >= 15 is 0 Å². The summed E-state index contributed by atoms with van der Waals surface area (Å²) in [6.45, 7) is 2.33. The maximum atomic E-state index is 12.1. The molecule has 0 heterocycles. The molecule has 2 aromatic rings. The Hall–Kier alpha value is -1.56. The molecule has 0 saturated carbocycles. The van der Waals surface area contributed by atoms with E-state index in [4.69, 9.17) is 0 Å². The highest BCUT2D eigenvalue weighted by Crippen LogP contribution is 2.18. The second-order valence-electron chi connectivity index (χ2n) is 4.70. The van der Waals surface area contributed by atoms with Crippen molar-refractivity contribution in [2.75, 3.05) is 23.8 Å². The number of carbonyl (C=O) groups is 1. The van der Waals surface area contributed by atoms with Gasteiger partial charge in [-0.25, -0.2) is 0 Å². The predicted molar refractivity (Wildman–Crippen MR) is 92.2 cm³/mol. The van der Waals surface area contributed by atoms with Crippen molar-refractivity contribution in [3.63, 3.8) is 0 Å². The molecule has 0 unspecified atom stereocenters. The number of hydrogen-bond donors (Lipinski definition) is 1. The third-order valence-corrected chi connectivity index (χ3v) is 3.71. The Kier molecular flexibility index (Phi) is 5.00. The summed E-state index contributed by atoms with van der Waals surface area (Å²) in [5.41, 5.74) is 2.98. The summed E-state index contributed by atoms with van der Waals surface area (Å²) in [6.07, 6.45) is 0. The van der Waals surface area contributed by atoms with Crippen LogP contribution in [-0.2, 0) is 4.79 Å². The van der Waals surface area contributed by atoms with Gasteiger partial charge in [0.25, 0.3) is 0 Å². The minimum atomic E-state index is -0.0133. The summed E-state index contributed by atoms with van der Waals surface area (Å²) in [5, 5.41) is 2.95.